The molecule has 0 aliphatic rings. The lowest BCUT2D eigenvalue weighted by Gasteiger charge is -1.92. The zero-order chi connectivity index (χ0) is 7.40. The fraction of sp³-hybridized carbons (Fsp3) is 0.286. The highest BCUT2D eigenvalue weighted by Gasteiger charge is 1.91. The minimum atomic E-state index is 0.306. The summed E-state index contributed by atoms with van der Waals surface area (Å²) in [5.74, 6) is 0.584. The van der Waals surface area contributed by atoms with Gasteiger partial charge in [0, 0.05) is 12.4 Å². The molecule has 10 heavy (non-hydrogen) atoms. The van der Waals surface area contributed by atoms with Gasteiger partial charge in [-0.3, -0.25) is 0 Å². The maximum atomic E-state index is 9.98. The van der Waals surface area contributed by atoms with Gasteiger partial charge in [-0.15, -0.1) is 0 Å². The molecule has 0 aromatic carbocycles. The van der Waals surface area contributed by atoms with Crippen molar-refractivity contribution < 1.29 is 4.79 Å². The monoisotopic (exact) mass is 136 g/mol. The van der Waals surface area contributed by atoms with E-state index in [0.717, 1.165) is 11.8 Å². The van der Waals surface area contributed by atoms with Gasteiger partial charge >= 0.3 is 0 Å². The van der Waals surface area contributed by atoms with Gasteiger partial charge in [-0.2, -0.15) is 0 Å². The quantitative estimate of drug-likeness (QED) is 0.557. The number of rotatable bonds is 2. The molecule has 0 atom stereocenters. The van der Waals surface area contributed by atoms with Crippen LogP contribution in [-0.4, -0.2) is 16.3 Å². The summed E-state index contributed by atoms with van der Waals surface area (Å²) in [6.07, 6.45) is 4.50. The van der Waals surface area contributed by atoms with Crippen molar-refractivity contribution in [2.75, 3.05) is 0 Å². The summed E-state index contributed by atoms with van der Waals surface area (Å²) >= 11 is 0. The van der Waals surface area contributed by atoms with Crippen LogP contribution in [0, 0.1) is 6.92 Å². The van der Waals surface area contributed by atoms with E-state index in [4.69, 9.17) is 0 Å². The summed E-state index contributed by atoms with van der Waals surface area (Å²) in [4.78, 5) is 17.8. The Morgan fingerprint density at radius 2 is 2.10 bits per heavy atom. The average Bonchev–Trinajstić information content (AvgIpc) is 1.95. The summed E-state index contributed by atoms with van der Waals surface area (Å²) in [7, 11) is 0. The number of carbonyl (C=O) groups is 1. The minimum absolute atomic E-state index is 0.306. The molecule has 1 rings (SSSR count). The van der Waals surface area contributed by atoms with Gasteiger partial charge in [-0.05, 0) is 12.5 Å². The second kappa shape index (κ2) is 3.06. The lowest BCUT2D eigenvalue weighted by atomic mass is 10.4. The smallest absolute Gasteiger partial charge is 0.135 e. The molecule has 0 N–H and O–H groups in total. The normalized spacial score (nSPS) is 9.30. The van der Waals surface area contributed by atoms with Crippen LogP contribution in [0.15, 0.2) is 12.4 Å². The Labute approximate surface area is 59.1 Å². The Hall–Kier alpha value is -1.25. The highest BCUT2D eigenvalue weighted by molar-refractivity contribution is 5.52. The zero-order valence-electron chi connectivity index (χ0n) is 5.74. The van der Waals surface area contributed by atoms with E-state index < -0.39 is 0 Å². The van der Waals surface area contributed by atoms with Crippen LogP contribution in [0.3, 0.4) is 0 Å². The van der Waals surface area contributed by atoms with E-state index in [-0.39, 0.29) is 0 Å². The molecule has 0 aliphatic carbocycles. The topological polar surface area (TPSA) is 42.9 Å². The van der Waals surface area contributed by atoms with Crippen molar-refractivity contribution in [3.63, 3.8) is 0 Å². The van der Waals surface area contributed by atoms with Gasteiger partial charge in [0.2, 0.25) is 0 Å². The molecule has 1 aromatic rings. The Morgan fingerprint density at radius 1 is 1.50 bits per heavy atom. The molecule has 52 valence electrons. The van der Waals surface area contributed by atoms with Crippen LogP contribution < -0.4 is 0 Å². The Morgan fingerprint density at radius 3 is 2.60 bits per heavy atom. The van der Waals surface area contributed by atoms with E-state index in [2.05, 4.69) is 9.97 Å². The van der Waals surface area contributed by atoms with Crippen LogP contribution in [0.1, 0.15) is 11.4 Å². The Kier molecular flexibility index (Phi) is 2.10. The second-order valence-electron chi connectivity index (χ2n) is 2.05. The van der Waals surface area contributed by atoms with E-state index in [1.165, 1.54) is 0 Å². The molecule has 0 spiro atoms. The first-order chi connectivity index (χ1) is 4.83. The van der Waals surface area contributed by atoms with Gasteiger partial charge in [0.15, 0.2) is 0 Å². The largest absolute Gasteiger partial charge is 0.303 e. The van der Waals surface area contributed by atoms with E-state index in [1.54, 1.807) is 12.4 Å². The average molecular weight is 136 g/mol. The Bertz CT molecular complexity index is 218. The van der Waals surface area contributed by atoms with E-state index in [9.17, 15) is 4.79 Å². The van der Waals surface area contributed by atoms with Crippen molar-refractivity contribution in [2.24, 2.45) is 0 Å². The van der Waals surface area contributed by atoms with Crippen molar-refractivity contribution >= 4 is 6.29 Å². The molecule has 0 bridgehead atoms. The molecular formula is C7H8N2O. The molecule has 0 saturated heterocycles. The van der Waals surface area contributed by atoms with Crippen LogP contribution in [0.25, 0.3) is 0 Å². The first kappa shape index (κ1) is 6.86. The van der Waals surface area contributed by atoms with Crippen LogP contribution in [0.4, 0.5) is 0 Å². The molecule has 1 aromatic heterocycles. The molecule has 0 radical (unpaired) electrons. The minimum Gasteiger partial charge on any atom is -0.303 e. The number of aromatic nitrogens is 2. The maximum Gasteiger partial charge on any atom is 0.135 e. The third-order valence-electron chi connectivity index (χ3n) is 1.10. The SMILES string of the molecule is Cc1cnc(CC=O)nc1. The van der Waals surface area contributed by atoms with E-state index in [1.807, 2.05) is 6.92 Å². The lowest BCUT2D eigenvalue weighted by molar-refractivity contribution is -0.107. The van der Waals surface area contributed by atoms with Gasteiger partial charge in [-0.25, -0.2) is 9.97 Å². The highest BCUT2D eigenvalue weighted by atomic mass is 16.1. The number of aldehydes is 1. The number of aryl methyl sites for hydroxylation is 1. The molecule has 0 aliphatic heterocycles. The van der Waals surface area contributed by atoms with Crippen LogP contribution in [0.5, 0.6) is 0 Å². The molecule has 3 heteroatoms. The van der Waals surface area contributed by atoms with Gasteiger partial charge in [0.05, 0.1) is 6.42 Å². The summed E-state index contributed by atoms with van der Waals surface area (Å²) in [5.41, 5.74) is 1.01. The number of hydrogen-bond acceptors (Lipinski definition) is 3. The first-order valence-electron chi connectivity index (χ1n) is 3.04. The van der Waals surface area contributed by atoms with Crippen molar-refractivity contribution in [1.82, 2.24) is 9.97 Å². The van der Waals surface area contributed by atoms with Crippen molar-refractivity contribution in [1.29, 1.82) is 0 Å². The number of carbonyl (C=O) groups excluding carboxylic acids is 1. The molecule has 1 heterocycles. The summed E-state index contributed by atoms with van der Waals surface area (Å²) < 4.78 is 0. The Balaban J connectivity index is 2.78. The summed E-state index contributed by atoms with van der Waals surface area (Å²) in [5, 5.41) is 0. The summed E-state index contributed by atoms with van der Waals surface area (Å²) in [6, 6.07) is 0. The number of hydrogen-bond donors (Lipinski definition) is 0. The van der Waals surface area contributed by atoms with Crippen LogP contribution in [-0.2, 0) is 11.2 Å². The zero-order valence-corrected chi connectivity index (χ0v) is 5.74. The third kappa shape index (κ3) is 1.62. The predicted octanol–water partition coefficient (Wildman–Crippen LogP) is 0.526. The fourth-order valence-corrected chi connectivity index (χ4v) is 0.599. The van der Waals surface area contributed by atoms with Crippen molar-refractivity contribution in [3.05, 3.63) is 23.8 Å². The summed E-state index contributed by atoms with van der Waals surface area (Å²) in [6.45, 7) is 1.91. The molecule has 0 amide bonds. The van der Waals surface area contributed by atoms with Gasteiger partial charge < -0.3 is 4.79 Å². The second-order valence-corrected chi connectivity index (χ2v) is 2.05. The standard InChI is InChI=1S/C7H8N2O/c1-6-4-8-7(2-3-10)9-5-6/h3-5H,2H2,1H3. The van der Waals surface area contributed by atoms with E-state index in [0.29, 0.717) is 12.2 Å². The molecule has 0 saturated carbocycles. The van der Waals surface area contributed by atoms with E-state index >= 15 is 0 Å². The number of nitrogens with zero attached hydrogens (tertiary/aromatic N) is 2. The first-order valence-corrected chi connectivity index (χ1v) is 3.04. The maximum absolute atomic E-state index is 9.98. The van der Waals surface area contributed by atoms with Crippen molar-refractivity contribution in [2.45, 2.75) is 13.3 Å². The van der Waals surface area contributed by atoms with Gasteiger partial charge in [0.25, 0.3) is 0 Å². The molecule has 0 unspecified atom stereocenters. The van der Waals surface area contributed by atoms with Gasteiger partial charge in [0.1, 0.15) is 12.1 Å². The molecular weight excluding hydrogens is 128 g/mol. The highest BCUT2D eigenvalue weighted by Crippen LogP contribution is 1.92. The molecule has 3 nitrogen and oxygen atoms in total. The van der Waals surface area contributed by atoms with Crippen LogP contribution in [0.2, 0.25) is 0 Å². The van der Waals surface area contributed by atoms with Crippen LogP contribution >= 0.6 is 0 Å². The van der Waals surface area contributed by atoms with Crippen molar-refractivity contribution in [3.8, 4) is 0 Å². The third-order valence-corrected chi connectivity index (χ3v) is 1.10. The lowest BCUT2D eigenvalue weighted by Crippen LogP contribution is -1.94. The molecule has 0 fully saturated rings. The predicted molar refractivity (Wildman–Crippen MR) is 36.5 cm³/mol. The van der Waals surface area contributed by atoms with Gasteiger partial charge in [-0.1, -0.05) is 0 Å². The fourth-order valence-electron chi connectivity index (χ4n) is 0.599.